The van der Waals surface area contributed by atoms with Gasteiger partial charge in [-0.2, -0.15) is 0 Å². The summed E-state index contributed by atoms with van der Waals surface area (Å²) in [5, 5.41) is 3.59. The first kappa shape index (κ1) is 13.0. The molecule has 0 aromatic rings. The molecule has 1 fully saturated rings. The average molecular weight is 212 g/mol. The molecule has 2 heteroatoms. The molecule has 1 heterocycles. The predicted octanol–water partition coefficient (Wildman–Crippen LogP) is 2.49. The molecule has 0 spiro atoms. The van der Waals surface area contributed by atoms with Crippen molar-refractivity contribution in [2.45, 2.75) is 59.0 Å². The molecule has 1 aliphatic rings. The van der Waals surface area contributed by atoms with Crippen LogP contribution in [0.5, 0.6) is 0 Å². The van der Waals surface area contributed by atoms with Crippen LogP contribution in [0, 0.1) is 5.92 Å². The zero-order valence-electron chi connectivity index (χ0n) is 11.1. The Morgan fingerprint density at radius 1 is 1.40 bits per heavy atom. The molecule has 0 bridgehead atoms. The van der Waals surface area contributed by atoms with Crippen LogP contribution in [-0.4, -0.2) is 36.1 Å². The van der Waals surface area contributed by atoms with E-state index >= 15 is 0 Å². The molecule has 1 N–H and O–H groups in total. The van der Waals surface area contributed by atoms with Crippen molar-refractivity contribution in [2.24, 2.45) is 5.92 Å². The number of nitrogens with one attached hydrogen (secondary N) is 1. The Kier molecular flexibility index (Phi) is 4.60. The molecule has 1 aliphatic heterocycles. The van der Waals surface area contributed by atoms with Crippen molar-refractivity contribution in [2.75, 3.05) is 19.6 Å². The minimum Gasteiger partial charge on any atom is -0.311 e. The van der Waals surface area contributed by atoms with Crippen LogP contribution in [0.15, 0.2) is 0 Å². The van der Waals surface area contributed by atoms with Gasteiger partial charge in [-0.1, -0.05) is 13.3 Å². The lowest BCUT2D eigenvalue weighted by Gasteiger charge is -2.29. The molecule has 2 unspecified atom stereocenters. The summed E-state index contributed by atoms with van der Waals surface area (Å²) >= 11 is 0. The van der Waals surface area contributed by atoms with Crippen LogP contribution in [0.4, 0.5) is 0 Å². The number of rotatable bonds is 4. The highest BCUT2D eigenvalue weighted by Crippen LogP contribution is 2.20. The summed E-state index contributed by atoms with van der Waals surface area (Å²) in [7, 11) is 0. The normalized spacial score (nSPS) is 25.8. The fourth-order valence-electron chi connectivity index (χ4n) is 2.18. The Bertz CT molecular complexity index is 183. The maximum absolute atomic E-state index is 3.59. The summed E-state index contributed by atoms with van der Waals surface area (Å²) in [6, 6.07) is 0.681. The zero-order valence-corrected chi connectivity index (χ0v) is 11.1. The van der Waals surface area contributed by atoms with Crippen molar-refractivity contribution >= 4 is 0 Å². The molecule has 0 aromatic heterocycles. The lowest BCUT2D eigenvalue weighted by Crippen LogP contribution is -2.45. The third-order valence-corrected chi connectivity index (χ3v) is 3.45. The second-order valence-electron chi connectivity index (χ2n) is 6.04. The second-order valence-corrected chi connectivity index (χ2v) is 6.04. The minimum absolute atomic E-state index is 0.248. The average Bonchev–Trinajstić information content (AvgIpc) is 2.61. The van der Waals surface area contributed by atoms with Gasteiger partial charge in [0.25, 0.3) is 0 Å². The van der Waals surface area contributed by atoms with E-state index in [2.05, 4.69) is 44.8 Å². The Labute approximate surface area is 95.4 Å². The fourth-order valence-corrected chi connectivity index (χ4v) is 2.18. The van der Waals surface area contributed by atoms with E-state index in [9.17, 15) is 0 Å². The summed E-state index contributed by atoms with van der Waals surface area (Å²) in [6.45, 7) is 15.1. The SMILES string of the molecule is CCC1CCN(C(C)CNC(C)(C)C)C1. The quantitative estimate of drug-likeness (QED) is 0.770. The standard InChI is InChI=1S/C13H28N2/c1-6-12-7-8-15(10-12)11(2)9-14-13(3,4)5/h11-12,14H,6-10H2,1-5H3. The molecule has 0 radical (unpaired) electrons. The van der Waals surface area contributed by atoms with Crippen LogP contribution in [-0.2, 0) is 0 Å². The van der Waals surface area contributed by atoms with Gasteiger partial charge in [-0.05, 0) is 46.6 Å². The van der Waals surface area contributed by atoms with Gasteiger partial charge in [0.1, 0.15) is 0 Å². The first-order chi connectivity index (χ1) is 6.92. The molecule has 2 nitrogen and oxygen atoms in total. The maximum atomic E-state index is 3.59. The van der Waals surface area contributed by atoms with E-state index in [1.807, 2.05) is 0 Å². The van der Waals surface area contributed by atoms with Crippen LogP contribution >= 0.6 is 0 Å². The van der Waals surface area contributed by atoms with Crippen molar-refractivity contribution in [3.05, 3.63) is 0 Å². The van der Waals surface area contributed by atoms with Crippen LogP contribution in [0.1, 0.15) is 47.5 Å². The molecule has 0 amide bonds. The van der Waals surface area contributed by atoms with Gasteiger partial charge >= 0.3 is 0 Å². The molecule has 90 valence electrons. The first-order valence-corrected chi connectivity index (χ1v) is 6.41. The Balaban J connectivity index is 2.26. The van der Waals surface area contributed by atoms with Gasteiger partial charge < -0.3 is 5.32 Å². The van der Waals surface area contributed by atoms with E-state index in [1.165, 1.54) is 25.9 Å². The summed E-state index contributed by atoms with van der Waals surface area (Å²) in [5.41, 5.74) is 0.248. The number of likely N-dealkylation sites (tertiary alicyclic amines) is 1. The summed E-state index contributed by atoms with van der Waals surface area (Å²) in [5.74, 6) is 0.946. The van der Waals surface area contributed by atoms with E-state index in [4.69, 9.17) is 0 Å². The maximum Gasteiger partial charge on any atom is 0.0192 e. The predicted molar refractivity (Wildman–Crippen MR) is 67.2 cm³/mol. The topological polar surface area (TPSA) is 15.3 Å². The second kappa shape index (κ2) is 5.31. The van der Waals surface area contributed by atoms with Crippen LogP contribution < -0.4 is 5.32 Å². The van der Waals surface area contributed by atoms with Gasteiger partial charge in [0.05, 0.1) is 0 Å². The molecule has 0 aliphatic carbocycles. The van der Waals surface area contributed by atoms with E-state index < -0.39 is 0 Å². The van der Waals surface area contributed by atoms with Gasteiger partial charge in [-0.3, -0.25) is 4.90 Å². The monoisotopic (exact) mass is 212 g/mol. The van der Waals surface area contributed by atoms with Crippen molar-refractivity contribution in [3.63, 3.8) is 0 Å². The zero-order chi connectivity index (χ0) is 11.5. The van der Waals surface area contributed by atoms with Gasteiger partial charge in [0.15, 0.2) is 0 Å². The van der Waals surface area contributed by atoms with Gasteiger partial charge in [0.2, 0.25) is 0 Å². The highest BCUT2D eigenvalue weighted by molar-refractivity contribution is 4.81. The molecule has 15 heavy (non-hydrogen) atoms. The van der Waals surface area contributed by atoms with Crippen molar-refractivity contribution in [1.82, 2.24) is 10.2 Å². The smallest absolute Gasteiger partial charge is 0.0192 e. The van der Waals surface area contributed by atoms with Gasteiger partial charge in [-0.25, -0.2) is 0 Å². The Morgan fingerprint density at radius 3 is 2.53 bits per heavy atom. The third kappa shape index (κ3) is 4.52. The number of hydrogen-bond acceptors (Lipinski definition) is 2. The van der Waals surface area contributed by atoms with Crippen molar-refractivity contribution < 1.29 is 0 Å². The van der Waals surface area contributed by atoms with Crippen LogP contribution in [0.25, 0.3) is 0 Å². The Morgan fingerprint density at radius 2 is 2.07 bits per heavy atom. The van der Waals surface area contributed by atoms with Gasteiger partial charge in [0, 0.05) is 24.7 Å². The Hall–Kier alpha value is -0.0800. The van der Waals surface area contributed by atoms with E-state index in [0.717, 1.165) is 12.5 Å². The van der Waals surface area contributed by atoms with Crippen molar-refractivity contribution in [3.8, 4) is 0 Å². The molecular formula is C13H28N2. The molecule has 1 rings (SSSR count). The fraction of sp³-hybridized carbons (Fsp3) is 1.00. The van der Waals surface area contributed by atoms with E-state index in [-0.39, 0.29) is 5.54 Å². The summed E-state index contributed by atoms with van der Waals surface area (Å²) in [6.07, 6.45) is 2.74. The minimum atomic E-state index is 0.248. The van der Waals surface area contributed by atoms with Crippen molar-refractivity contribution in [1.29, 1.82) is 0 Å². The highest BCUT2D eigenvalue weighted by atomic mass is 15.2. The van der Waals surface area contributed by atoms with Crippen LogP contribution in [0.2, 0.25) is 0 Å². The first-order valence-electron chi connectivity index (χ1n) is 6.41. The number of nitrogens with zero attached hydrogens (tertiary/aromatic N) is 1. The molecule has 2 atom stereocenters. The summed E-state index contributed by atoms with van der Waals surface area (Å²) in [4.78, 5) is 2.63. The van der Waals surface area contributed by atoms with Gasteiger partial charge in [-0.15, -0.1) is 0 Å². The molecule has 0 aromatic carbocycles. The number of hydrogen-bond donors (Lipinski definition) is 1. The molecule has 1 saturated heterocycles. The largest absolute Gasteiger partial charge is 0.311 e. The lowest BCUT2D eigenvalue weighted by molar-refractivity contribution is 0.228. The highest BCUT2D eigenvalue weighted by Gasteiger charge is 2.25. The van der Waals surface area contributed by atoms with E-state index in [1.54, 1.807) is 0 Å². The lowest BCUT2D eigenvalue weighted by atomic mass is 10.1. The molecular weight excluding hydrogens is 184 g/mol. The third-order valence-electron chi connectivity index (χ3n) is 3.45. The van der Waals surface area contributed by atoms with E-state index in [0.29, 0.717) is 6.04 Å². The molecule has 0 saturated carbocycles. The van der Waals surface area contributed by atoms with Crippen LogP contribution in [0.3, 0.4) is 0 Å². The summed E-state index contributed by atoms with van der Waals surface area (Å²) < 4.78 is 0.